The zero-order valence-electron chi connectivity index (χ0n) is 28.9. The average molecular weight is 617 g/mol. The van der Waals surface area contributed by atoms with Crippen molar-refractivity contribution in [2.75, 3.05) is 6.61 Å². The van der Waals surface area contributed by atoms with E-state index in [9.17, 15) is 19.2 Å². The number of hydrogen-bond donors (Lipinski definition) is 0. The maximum atomic E-state index is 14.3. The predicted molar refractivity (Wildman–Crippen MR) is 170 cm³/mol. The van der Waals surface area contributed by atoms with Gasteiger partial charge in [-0.1, -0.05) is 27.7 Å². The van der Waals surface area contributed by atoms with Crippen LogP contribution >= 0.6 is 0 Å². The minimum absolute atomic E-state index is 0.0358. The van der Waals surface area contributed by atoms with Crippen LogP contribution in [0, 0.1) is 39.4 Å². The molecule has 5 aliphatic rings. The summed E-state index contributed by atoms with van der Waals surface area (Å²) >= 11 is 0. The molecule has 3 aliphatic carbocycles. The summed E-state index contributed by atoms with van der Waals surface area (Å²) in [5.41, 5.74) is -2.02. The molecule has 1 aromatic carbocycles. The second kappa shape index (κ2) is 9.65. The van der Waals surface area contributed by atoms with Gasteiger partial charge in [0.25, 0.3) is 0 Å². The van der Waals surface area contributed by atoms with E-state index in [2.05, 4.69) is 27.7 Å². The molecule has 2 heterocycles. The van der Waals surface area contributed by atoms with Crippen LogP contribution < -0.4 is 14.2 Å². The smallest absolute Gasteiger partial charge is 0.175 e. The highest BCUT2D eigenvalue weighted by Crippen LogP contribution is 2.63. The van der Waals surface area contributed by atoms with Crippen LogP contribution in [0.4, 0.5) is 0 Å². The van der Waals surface area contributed by atoms with E-state index >= 15 is 0 Å². The van der Waals surface area contributed by atoms with E-state index in [0.29, 0.717) is 58.0 Å². The van der Waals surface area contributed by atoms with Crippen molar-refractivity contribution in [3.8, 4) is 17.2 Å². The molecule has 242 valence electrons. The fourth-order valence-electron chi connectivity index (χ4n) is 8.33. The van der Waals surface area contributed by atoms with E-state index < -0.39 is 33.5 Å². The molecular weight excluding hydrogens is 568 g/mol. The Bertz CT molecular complexity index is 1640. The summed E-state index contributed by atoms with van der Waals surface area (Å²) < 4.78 is 20.2. The normalized spacial score (nSPS) is 27.5. The highest BCUT2D eigenvalue weighted by atomic mass is 16.5. The Hall–Kier alpha value is -3.22. The van der Waals surface area contributed by atoms with Crippen LogP contribution in [0.2, 0.25) is 0 Å². The Labute approximate surface area is 267 Å². The van der Waals surface area contributed by atoms with Crippen molar-refractivity contribution in [2.24, 2.45) is 39.4 Å². The van der Waals surface area contributed by atoms with Crippen molar-refractivity contribution >= 4 is 23.1 Å². The molecule has 0 bridgehead atoms. The van der Waals surface area contributed by atoms with Gasteiger partial charge in [-0.25, -0.2) is 0 Å². The quantitative estimate of drug-likeness (QED) is 0.314. The van der Waals surface area contributed by atoms with Gasteiger partial charge in [0.05, 0.1) is 28.3 Å². The summed E-state index contributed by atoms with van der Waals surface area (Å²) in [6, 6.07) is 1.89. The minimum atomic E-state index is -1.23. The van der Waals surface area contributed by atoms with Crippen LogP contribution in [-0.2, 0) is 19.2 Å². The number of ketones is 4. The number of carbonyl (C=O) groups is 4. The molecule has 1 aromatic rings. The number of hydrogen-bond acceptors (Lipinski definition) is 7. The second-order valence-corrected chi connectivity index (χ2v) is 16.7. The van der Waals surface area contributed by atoms with Gasteiger partial charge in [0.2, 0.25) is 0 Å². The summed E-state index contributed by atoms with van der Waals surface area (Å²) in [5, 5.41) is 0. The minimum Gasteiger partial charge on any atom is -0.493 e. The molecule has 0 aromatic heterocycles. The molecule has 2 aliphatic heterocycles. The standard InChI is InChI=1S/C38H48O7/c1-17(2)22-24-20(43-16-19-13-14-19)15-21-25(28(24)45-32-27(22)30(40)36(7,8)34(42)38(32,11)12)23(18(3)4)26-29(39)35(5,6)33(41)37(9,10)31(26)44-21/h15,17-19,22-23H,13-14,16H2,1-12H3/t22-,23+/m0/s1. The van der Waals surface area contributed by atoms with Crippen LogP contribution in [-0.4, -0.2) is 29.7 Å². The SMILES string of the molecule is CC(C)[C@@H]1C2=C(Oc3c1c(OCC1CC1)cc1c3[C@@H](C(C)C)C3=C(O1)C(C)(C)C(=O)C(C)(C)C3=O)C(C)(C)C(=O)C(C)(C)C2=O. The van der Waals surface area contributed by atoms with E-state index in [1.165, 1.54) is 0 Å². The maximum absolute atomic E-state index is 14.3. The molecule has 6 rings (SSSR count). The molecule has 0 saturated heterocycles. The third-order valence-electron chi connectivity index (χ3n) is 11.0. The first kappa shape index (κ1) is 31.7. The van der Waals surface area contributed by atoms with Crippen LogP contribution in [0.1, 0.15) is 119 Å². The fourth-order valence-corrected chi connectivity index (χ4v) is 8.33. The third kappa shape index (κ3) is 4.20. The number of Topliss-reactive ketones (excluding diaryl/α,β-unsaturated/α-hetero) is 4. The van der Waals surface area contributed by atoms with Crippen molar-refractivity contribution in [2.45, 2.75) is 108 Å². The Morgan fingerprint density at radius 3 is 1.58 bits per heavy atom. The Kier molecular flexibility index (Phi) is 6.81. The van der Waals surface area contributed by atoms with Gasteiger partial charge in [0.15, 0.2) is 23.1 Å². The van der Waals surface area contributed by atoms with Crippen molar-refractivity contribution in [3.63, 3.8) is 0 Å². The van der Waals surface area contributed by atoms with Gasteiger partial charge in [-0.3, -0.25) is 19.2 Å². The van der Waals surface area contributed by atoms with Crippen LogP contribution in [0.3, 0.4) is 0 Å². The average Bonchev–Trinajstić information content (AvgIpc) is 3.79. The van der Waals surface area contributed by atoms with Crippen LogP contribution in [0.5, 0.6) is 17.2 Å². The van der Waals surface area contributed by atoms with Crippen molar-refractivity contribution < 1.29 is 33.4 Å². The third-order valence-corrected chi connectivity index (χ3v) is 11.0. The molecule has 0 radical (unpaired) electrons. The topological polar surface area (TPSA) is 96.0 Å². The van der Waals surface area contributed by atoms with Gasteiger partial charge in [0, 0.05) is 40.2 Å². The molecule has 1 fully saturated rings. The van der Waals surface area contributed by atoms with E-state index in [4.69, 9.17) is 14.2 Å². The lowest BCUT2D eigenvalue weighted by atomic mass is 9.58. The molecule has 7 nitrogen and oxygen atoms in total. The summed E-state index contributed by atoms with van der Waals surface area (Å²) in [6.45, 7) is 23.0. The number of carbonyl (C=O) groups excluding carboxylic acids is 4. The largest absolute Gasteiger partial charge is 0.493 e. The number of ether oxygens (including phenoxy) is 3. The molecule has 0 N–H and O–H groups in total. The first-order valence-electron chi connectivity index (χ1n) is 16.6. The Balaban J connectivity index is 1.68. The van der Waals surface area contributed by atoms with Gasteiger partial charge < -0.3 is 14.2 Å². The van der Waals surface area contributed by atoms with E-state index in [1.807, 2.05) is 33.8 Å². The molecule has 2 atom stereocenters. The lowest BCUT2D eigenvalue weighted by Gasteiger charge is -2.48. The summed E-state index contributed by atoms with van der Waals surface area (Å²) in [4.78, 5) is 56.1. The molecule has 45 heavy (non-hydrogen) atoms. The van der Waals surface area contributed by atoms with Crippen molar-refractivity contribution in [1.82, 2.24) is 0 Å². The van der Waals surface area contributed by atoms with Gasteiger partial charge in [-0.15, -0.1) is 0 Å². The lowest BCUT2D eigenvalue weighted by molar-refractivity contribution is -0.146. The van der Waals surface area contributed by atoms with Crippen LogP contribution in [0.25, 0.3) is 0 Å². The monoisotopic (exact) mass is 616 g/mol. The maximum Gasteiger partial charge on any atom is 0.175 e. The first-order valence-corrected chi connectivity index (χ1v) is 16.6. The fraction of sp³-hybridized carbons (Fsp3) is 0.632. The summed E-state index contributed by atoms with van der Waals surface area (Å²) in [7, 11) is 0. The van der Waals surface area contributed by atoms with Gasteiger partial charge in [-0.05, 0) is 86.0 Å². The number of fused-ring (bicyclic) bond motifs is 3. The molecule has 0 amide bonds. The molecule has 0 unspecified atom stereocenters. The first-order chi connectivity index (χ1) is 20.7. The Morgan fingerprint density at radius 1 is 0.689 bits per heavy atom. The number of benzene rings is 1. The molecule has 1 saturated carbocycles. The van der Waals surface area contributed by atoms with E-state index in [0.717, 1.165) is 18.4 Å². The van der Waals surface area contributed by atoms with Crippen molar-refractivity contribution in [3.05, 3.63) is 39.9 Å². The molecule has 0 spiro atoms. The van der Waals surface area contributed by atoms with Crippen LogP contribution in [0.15, 0.2) is 28.7 Å². The van der Waals surface area contributed by atoms with Gasteiger partial charge in [0.1, 0.15) is 28.8 Å². The Morgan fingerprint density at radius 2 is 1.13 bits per heavy atom. The highest BCUT2D eigenvalue weighted by molar-refractivity contribution is 6.21. The highest BCUT2D eigenvalue weighted by Gasteiger charge is 2.61. The lowest BCUT2D eigenvalue weighted by Crippen LogP contribution is -2.53. The van der Waals surface area contributed by atoms with E-state index in [-0.39, 0.29) is 35.0 Å². The molecule has 7 heteroatoms. The second-order valence-electron chi connectivity index (χ2n) is 16.7. The molecular formula is C38H48O7. The summed E-state index contributed by atoms with van der Waals surface area (Å²) in [5.74, 6) is 1.03. The van der Waals surface area contributed by atoms with Crippen molar-refractivity contribution in [1.29, 1.82) is 0 Å². The summed E-state index contributed by atoms with van der Waals surface area (Å²) in [6.07, 6.45) is 2.21. The zero-order valence-corrected chi connectivity index (χ0v) is 28.9. The number of rotatable bonds is 5. The van der Waals surface area contributed by atoms with Gasteiger partial charge in [-0.2, -0.15) is 0 Å². The number of allylic oxidation sites excluding steroid dienone is 4. The zero-order chi connectivity index (χ0) is 33.3. The van der Waals surface area contributed by atoms with E-state index in [1.54, 1.807) is 27.7 Å². The van der Waals surface area contributed by atoms with Gasteiger partial charge >= 0.3 is 0 Å². The predicted octanol–water partition coefficient (Wildman–Crippen LogP) is 7.66.